The molecule has 1 saturated heterocycles. The number of aryl methyl sites for hydroxylation is 1. The first-order valence-corrected chi connectivity index (χ1v) is 9.99. The second-order valence-electron chi connectivity index (χ2n) is 7.60. The van der Waals surface area contributed by atoms with Gasteiger partial charge in [0.25, 0.3) is 0 Å². The van der Waals surface area contributed by atoms with E-state index in [1.165, 1.54) is 16.8 Å². The van der Waals surface area contributed by atoms with Crippen LogP contribution in [0.1, 0.15) is 23.7 Å². The predicted octanol–water partition coefficient (Wildman–Crippen LogP) is 2.45. The molecule has 1 unspecified atom stereocenters. The Kier molecular flexibility index (Phi) is 7.12. The monoisotopic (exact) mass is 383 g/mol. The molecule has 1 aliphatic rings. The third-order valence-corrected chi connectivity index (χ3v) is 5.20. The number of nitrogens with zero attached hydrogens (tertiary/aromatic N) is 4. The van der Waals surface area contributed by atoms with Gasteiger partial charge < -0.3 is 19.5 Å². The van der Waals surface area contributed by atoms with E-state index in [2.05, 4.69) is 88.3 Å². The number of nitrogens with one attached hydrogen (secondary N) is 1. The fourth-order valence-corrected chi connectivity index (χ4v) is 3.67. The lowest BCUT2D eigenvalue weighted by Crippen LogP contribution is -2.40. The minimum Gasteiger partial charge on any atom is -0.376 e. The number of aromatic nitrogens is 1. The maximum absolute atomic E-state index is 5.64. The second kappa shape index (κ2) is 9.75. The Morgan fingerprint density at radius 3 is 2.82 bits per heavy atom. The van der Waals surface area contributed by atoms with Gasteiger partial charge in [0.05, 0.1) is 19.3 Å². The first kappa shape index (κ1) is 20.4. The molecule has 3 rings (SSSR count). The number of benzene rings is 1. The van der Waals surface area contributed by atoms with Gasteiger partial charge in [-0.05, 0) is 30.2 Å². The van der Waals surface area contributed by atoms with Gasteiger partial charge in [-0.1, -0.05) is 24.3 Å². The number of morpholine rings is 1. The Labute approximate surface area is 168 Å². The van der Waals surface area contributed by atoms with Crippen molar-refractivity contribution in [3.63, 3.8) is 0 Å². The van der Waals surface area contributed by atoms with E-state index in [-0.39, 0.29) is 0 Å². The average molecular weight is 384 g/mol. The number of hydrogen-bond donors (Lipinski definition) is 1. The van der Waals surface area contributed by atoms with Gasteiger partial charge in [-0.3, -0.25) is 9.89 Å². The Balaban J connectivity index is 1.55. The van der Waals surface area contributed by atoms with Crippen molar-refractivity contribution in [2.24, 2.45) is 12.0 Å². The zero-order chi connectivity index (χ0) is 19.9. The predicted molar refractivity (Wildman–Crippen MR) is 114 cm³/mol. The fourth-order valence-electron chi connectivity index (χ4n) is 3.67. The van der Waals surface area contributed by atoms with Crippen molar-refractivity contribution >= 4 is 5.96 Å². The molecule has 0 saturated carbocycles. The first-order chi connectivity index (χ1) is 13.5. The van der Waals surface area contributed by atoms with Gasteiger partial charge in [-0.2, -0.15) is 0 Å². The van der Waals surface area contributed by atoms with Crippen molar-refractivity contribution < 1.29 is 4.74 Å². The number of guanidine groups is 1. The van der Waals surface area contributed by atoms with Crippen LogP contribution in [0.15, 0.2) is 47.6 Å². The van der Waals surface area contributed by atoms with Crippen LogP contribution in [0.5, 0.6) is 0 Å². The molecule has 0 radical (unpaired) electrons. The molecule has 2 heterocycles. The molecule has 1 aromatic carbocycles. The van der Waals surface area contributed by atoms with E-state index < -0.39 is 0 Å². The summed E-state index contributed by atoms with van der Waals surface area (Å²) in [5, 5.41) is 3.49. The molecule has 6 nitrogen and oxygen atoms in total. The van der Waals surface area contributed by atoms with E-state index in [1.807, 2.05) is 7.05 Å². The fraction of sp³-hybridized carbons (Fsp3) is 0.500. The van der Waals surface area contributed by atoms with Gasteiger partial charge >= 0.3 is 0 Å². The molecule has 152 valence electrons. The largest absolute Gasteiger partial charge is 0.376 e. The summed E-state index contributed by atoms with van der Waals surface area (Å²) < 4.78 is 7.78. The maximum atomic E-state index is 5.64. The molecular formula is C22H33N5O. The Morgan fingerprint density at radius 1 is 1.29 bits per heavy atom. The molecule has 0 amide bonds. The second-order valence-corrected chi connectivity index (χ2v) is 7.60. The van der Waals surface area contributed by atoms with Crippen LogP contribution in [0.25, 0.3) is 0 Å². The van der Waals surface area contributed by atoms with Crippen LogP contribution in [0.3, 0.4) is 0 Å². The van der Waals surface area contributed by atoms with Gasteiger partial charge in [0.2, 0.25) is 0 Å². The van der Waals surface area contributed by atoms with E-state index in [4.69, 9.17) is 4.74 Å². The quantitative estimate of drug-likeness (QED) is 0.615. The highest BCUT2D eigenvalue weighted by Gasteiger charge is 2.16. The molecule has 0 bridgehead atoms. The molecule has 1 aliphatic heterocycles. The normalized spacial score (nSPS) is 18.3. The summed E-state index contributed by atoms with van der Waals surface area (Å²) in [6.45, 7) is 7.53. The Morgan fingerprint density at radius 2 is 2.11 bits per heavy atom. The topological polar surface area (TPSA) is 45.0 Å². The lowest BCUT2D eigenvalue weighted by Gasteiger charge is -2.31. The van der Waals surface area contributed by atoms with E-state index in [9.17, 15) is 0 Å². The van der Waals surface area contributed by atoms with Crippen LogP contribution in [-0.4, -0.2) is 60.2 Å². The number of ether oxygens (including phenoxy) is 1. The minimum atomic E-state index is 0.321. The number of hydrogen-bond acceptors (Lipinski definition) is 3. The highest BCUT2D eigenvalue weighted by atomic mass is 16.5. The SMILES string of the molecule is CN=C(NCc1cccc(CN2CCOC(C)C2)c1)N(C)Cc1cccn1C. The first-order valence-electron chi connectivity index (χ1n) is 9.99. The summed E-state index contributed by atoms with van der Waals surface area (Å²) in [5.74, 6) is 0.897. The van der Waals surface area contributed by atoms with Crippen molar-refractivity contribution in [2.45, 2.75) is 32.7 Å². The van der Waals surface area contributed by atoms with Crippen molar-refractivity contribution in [3.8, 4) is 0 Å². The van der Waals surface area contributed by atoms with Crippen molar-refractivity contribution in [2.75, 3.05) is 33.8 Å². The summed E-state index contributed by atoms with van der Waals surface area (Å²) in [5.41, 5.74) is 3.87. The lowest BCUT2D eigenvalue weighted by molar-refractivity contribution is -0.0212. The van der Waals surface area contributed by atoms with Crippen LogP contribution in [0, 0.1) is 0 Å². The molecule has 0 spiro atoms. The summed E-state index contributed by atoms with van der Waals surface area (Å²) in [6.07, 6.45) is 2.39. The molecule has 1 N–H and O–H groups in total. The third-order valence-electron chi connectivity index (χ3n) is 5.20. The smallest absolute Gasteiger partial charge is 0.194 e. The maximum Gasteiger partial charge on any atom is 0.194 e. The third kappa shape index (κ3) is 5.59. The highest BCUT2D eigenvalue weighted by molar-refractivity contribution is 5.79. The number of rotatable bonds is 6. The molecule has 1 aromatic heterocycles. The summed E-state index contributed by atoms with van der Waals surface area (Å²) >= 11 is 0. The van der Waals surface area contributed by atoms with Crippen molar-refractivity contribution in [3.05, 3.63) is 59.4 Å². The Hall–Kier alpha value is -2.31. The lowest BCUT2D eigenvalue weighted by atomic mass is 10.1. The summed E-state index contributed by atoms with van der Waals surface area (Å²) in [6, 6.07) is 13.0. The molecule has 6 heteroatoms. The van der Waals surface area contributed by atoms with Gasteiger partial charge in [0.1, 0.15) is 0 Å². The molecular weight excluding hydrogens is 350 g/mol. The molecule has 1 atom stereocenters. The van der Waals surface area contributed by atoms with Crippen LogP contribution in [0.4, 0.5) is 0 Å². The summed E-state index contributed by atoms with van der Waals surface area (Å²) in [7, 11) is 5.97. The van der Waals surface area contributed by atoms with Crippen molar-refractivity contribution in [1.29, 1.82) is 0 Å². The van der Waals surface area contributed by atoms with Crippen molar-refractivity contribution in [1.82, 2.24) is 19.7 Å². The molecule has 1 fully saturated rings. The van der Waals surface area contributed by atoms with Crippen LogP contribution in [0.2, 0.25) is 0 Å². The average Bonchev–Trinajstić information content (AvgIpc) is 3.07. The van der Waals surface area contributed by atoms with Gasteiger partial charge in [0, 0.05) is 59.2 Å². The van der Waals surface area contributed by atoms with Crippen LogP contribution >= 0.6 is 0 Å². The molecule has 0 aliphatic carbocycles. The van der Waals surface area contributed by atoms with Gasteiger partial charge in [-0.15, -0.1) is 0 Å². The molecule has 2 aromatic rings. The highest BCUT2D eigenvalue weighted by Crippen LogP contribution is 2.12. The van der Waals surface area contributed by atoms with E-state index in [1.54, 1.807) is 0 Å². The Bertz CT molecular complexity index is 785. The summed E-state index contributed by atoms with van der Waals surface area (Å²) in [4.78, 5) is 9.05. The van der Waals surface area contributed by atoms with E-state index in [0.717, 1.165) is 45.3 Å². The number of aliphatic imine (C=N–C) groups is 1. The van der Waals surface area contributed by atoms with E-state index in [0.29, 0.717) is 6.10 Å². The van der Waals surface area contributed by atoms with Gasteiger partial charge in [0.15, 0.2) is 5.96 Å². The minimum absolute atomic E-state index is 0.321. The van der Waals surface area contributed by atoms with Crippen LogP contribution in [-0.2, 0) is 31.4 Å². The zero-order valence-corrected chi connectivity index (χ0v) is 17.6. The van der Waals surface area contributed by atoms with E-state index >= 15 is 0 Å². The zero-order valence-electron chi connectivity index (χ0n) is 17.6. The van der Waals surface area contributed by atoms with Gasteiger partial charge in [-0.25, -0.2) is 0 Å². The molecule has 28 heavy (non-hydrogen) atoms. The standard InChI is InChI=1S/C22H33N5O/c1-18-15-27(11-12-28-18)16-20-8-5-7-19(13-20)14-24-22(23-2)26(4)17-21-9-6-10-25(21)3/h5-10,13,18H,11-12,14-17H2,1-4H3,(H,23,24). The van der Waals surface area contributed by atoms with Crippen LogP contribution < -0.4 is 5.32 Å².